The largest absolute Gasteiger partial charge is 0.493 e. The van der Waals surface area contributed by atoms with Gasteiger partial charge in [-0.05, 0) is 54.2 Å². The Balaban J connectivity index is 1.76. The van der Waals surface area contributed by atoms with Gasteiger partial charge in [0.25, 0.3) is 0 Å². The van der Waals surface area contributed by atoms with Crippen LogP contribution in [0.15, 0.2) is 42.5 Å². The molecule has 2 aromatic rings. The van der Waals surface area contributed by atoms with Crippen molar-refractivity contribution < 1.29 is 9.13 Å². The van der Waals surface area contributed by atoms with Crippen molar-refractivity contribution in [2.75, 3.05) is 6.61 Å². The molecule has 1 aliphatic heterocycles. The first-order valence-corrected chi connectivity index (χ1v) is 6.98. The minimum Gasteiger partial charge on any atom is -0.493 e. The predicted octanol–water partition coefficient (Wildman–Crippen LogP) is 3.39. The van der Waals surface area contributed by atoms with E-state index in [2.05, 4.69) is 6.07 Å². The van der Waals surface area contributed by atoms with Gasteiger partial charge in [0.05, 0.1) is 6.61 Å². The van der Waals surface area contributed by atoms with E-state index in [1.54, 1.807) is 12.1 Å². The standard InChI is InChI=1S/C17H18FNO/c18-15-6-3-12(4-7-15)10-16(19)13-5-8-17-14(11-13)2-1-9-20-17/h3-8,11,16H,1-2,9-10,19H2. The molecular formula is C17H18FNO. The highest BCUT2D eigenvalue weighted by Crippen LogP contribution is 2.28. The lowest BCUT2D eigenvalue weighted by Crippen LogP contribution is -2.15. The second-order valence-corrected chi connectivity index (χ2v) is 5.26. The molecule has 3 heteroatoms. The smallest absolute Gasteiger partial charge is 0.123 e. The van der Waals surface area contributed by atoms with E-state index in [0.29, 0.717) is 6.42 Å². The number of ether oxygens (including phenoxy) is 1. The van der Waals surface area contributed by atoms with Crippen LogP contribution in [-0.2, 0) is 12.8 Å². The molecule has 1 atom stereocenters. The lowest BCUT2D eigenvalue weighted by Gasteiger charge is -2.20. The summed E-state index contributed by atoms with van der Waals surface area (Å²) in [7, 11) is 0. The number of aryl methyl sites for hydroxylation is 1. The molecule has 2 nitrogen and oxygen atoms in total. The fourth-order valence-corrected chi connectivity index (χ4v) is 2.60. The lowest BCUT2D eigenvalue weighted by atomic mass is 9.96. The van der Waals surface area contributed by atoms with E-state index in [1.165, 1.54) is 17.7 Å². The van der Waals surface area contributed by atoms with Gasteiger partial charge in [-0.25, -0.2) is 4.39 Å². The summed E-state index contributed by atoms with van der Waals surface area (Å²) < 4.78 is 18.5. The number of rotatable bonds is 3. The molecule has 0 saturated heterocycles. The van der Waals surface area contributed by atoms with Crippen molar-refractivity contribution in [2.45, 2.75) is 25.3 Å². The van der Waals surface area contributed by atoms with Gasteiger partial charge >= 0.3 is 0 Å². The Labute approximate surface area is 118 Å². The van der Waals surface area contributed by atoms with E-state index in [9.17, 15) is 4.39 Å². The van der Waals surface area contributed by atoms with Crippen LogP contribution in [0.1, 0.15) is 29.2 Å². The van der Waals surface area contributed by atoms with Crippen molar-refractivity contribution in [1.82, 2.24) is 0 Å². The molecule has 2 N–H and O–H groups in total. The summed E-state index contributed by atoms with van der Waals surface area (Å²) in [6.45, 7) is 0.800. The number of halogens is 1. The summed E-state index contributed by atoms with van der Waals surface area (Å²) in [6, 6.07) is 12.6. The summed E-state index contributed by atoms with van der Waals surface area (Å²) in [4.78, 5) is 0. The first-order chi connectivity index (χ1) is 9.72. The van der Waals surface area contributed by atoms with Gasteiger partial charge in [0, 0.05) is 6.04 Å². The summed E-state index contributed by atoms with van der Waals surface area (Å²) in [5.74, 6) is 0.766. The van der Waals surface area contributed by atoms with E-state index < -0.39 is 0 Å². The van der Waals surface area contributed by atoms with E-state index in [0.717, 1.165) is 36.3 Å². The maximum Gasteiger partial charge on any atom is 0.123 e. The van der Waals surface area contributed by atoms with E-state index in [4.69, 9.17) is 10.5 Å². The Morgan fingerprint density at radius 2 is 1.95 bits per heavy atom. The van der Waals surface area contributed by atoms with Crippen LogP contribution in [0.2, 0.25) is 0 Å². The molecule has 2 aromatic carbocycles. The van der Waals surface area contributed by atoms with Crippen LogP contribution >= 0.6 is 0 Å². The topological polar surface area (TPSA) is 35.2 Å². The Morgan fingerprint density at radius 1 is 1.15 bits per heavy atom. The fraction of sp³-hybridized carbons (Fsp3) is 0.294. The van der Waals surface area contributed by atoms with Crippen molar-refractivity contribution >= 4 is 0 Å². The Morgan fingerprint density at radius 3 is 2.75 bits per heavy atom. The highest BCUT2D eigenvalue weighted by molar-refractivity contribution is 5.40. The predicted molar refractivity (Wildman–Crippen MR) is 77.3 cm³/mol. The molecule has 3 rings (SSSR count). The van der Waals surface area contributed by atoms with Crippen LogP contribution in [0.25, 0.3) is 0 Å². The normalized spacial score (nSPS) is 15.3. The van der Waals surface area contributed by atoms with Crippen molar-refractivity contribution in [3.63, 3.8) is 0 Å². The van der Waals surface area contributed by atoms with E-state index in [1.807, 2.05) is 12.1 Å². The molecule has 0 amide bonds. The molecule has 1 aliphatic rings. The van der Waals surface area contributed by atoms with Gasteiger partial charge in [-0.3, -0.25) is 0 Å². The molecule has 0 aromatic heterocycles. The highest BCUT2D eigenvalue weighted by atomic mass is 19.1. The molecule has 1 unspecified atom stereocenters. The molecule has 104 valence electrons. The minimum atomic E-state index is -0.215. The zero-order chi connectivity index (χ0) is 13.9. The average molecular weight is 271 g/mol. The second-order valence-electron chi connectivity index (χ2n) is 5.26. The zero-order valence-electron chi connectivity index (χ0n) is 11.3. The third kappa shape index (κ3) is 2.83. The molecule has 0 aliphatic carbocycles. The zero-order valence-corrected chi connectivity index (χ0v) is 11.3. The fourth-order valence-electron chi connectivity index (χ4n) is 2.60. The highest BCUT2D eigenvalue weighted by Gasteiger charge is 2.14. The first-order valence-electron chi connectivity index (χ1n) is 6.98. The van der Waals surface area contributed by atoms with Crippen molar-refractivity contribution in [3.05, 3.63) is 65.0 Å². The van der Waals surface area contributed by atoms with Gasteiger partial charge in [0.15, 0.2) is 0 Å². The Bertz CT molecular complexity index is 594. The van der Waals surface area contributed by atoms with E-state index >= 15 is 0 Å². The maximum absolute atomic E-state index is 12.9. The lowest BCUT2D eigenvalue weighted by molar-refractivity contribution is 0.288. The van der Waals surface area contributed by atoms with Gasteiger partial charge in [-0.1, -0.05) is 24.3 Å². The Kier molecular flexibility index (Phi) is 3.70. The second kappa shape index (κ2) is 5.63. The van der Waals surface area contributed by atoms with Crippen LogP contribution < -0.4 is 10.5 Å². The van der Waals surface area contributed by atoms with Crippen molar-refractivity contribution in [2.24, 2.45) is 5.73 Å². The van der Waals surface area contributed by atoms with Crippen LogP contribution in [0, 0.1) is 5.82 Å². The number of hydrogen-bond donors (Lipinski definition) is 1. The molecule has 0 spiro atoms. The van der Waals surface area contributed by atoms with Crippen LogP contribution in [0.3, 0.4) is 0 Å². The van der Waals surface area contributed by atoms with Gasteiger partial charge in [0.2, 0.25) is 0 Å². The summed E-state index contributed by atoms with van der Waals surface area (Å²) >= 11 is 0. The maximum atomic E-state index is 12.9. The minimum absolute atomic E-state index is 0.0762. The molecule has 0 saturated carbocycles. The van der Waals surface area contributed by atoms with Gasteiger partial charge in [-0.15, -0.1) is 0 Å². The monoisotopic (exact) mass is 271 g/mol. The van der Waals surface area contributed by atoms with Crippen LogP contribution in [0.5, 0.6) is 5.75 Å². The summed E-state index contributed by atoms with van der Waals surface area (Å²) in [5.41, 5.74) is 9.66. The molecule has 20 heavy (non-hydrogen) atoms. The molecule has 0 radical (unpaired) electrons. The molecule has 1 heterocycles. The van der Waals surface area contributed by atoms with Crippen LogP contribution in [-0.4, -0.2) is 6.61 Å². The molecule has 0 fully saturated rings. The quantitative estimate of drug-likeness (QED) is 0.928. The third-order valence-corrected chi connectivity index (χ3v) is 3.73. The van der Waals surface area contributed by atoms with Crippen LogP contribution in [0.4, 0.5) is 4.39 Å². The Hall–Kier alpha value is -1.87. The first kappa shape index (κ1) is 13.1. The summed E-state index contributed by atoms with van der Waals surface area (Å²) in [5, 5.41) is 0. The van der Waals surface area contributed by atoms with Gasteiger partial charge < -0.3 is 10.5 Å². The number of nitrogens with two attached hydrogens (primary N) is 1. The van der Waals surface area contributed by atoms with Gasteiger partial charge in [0.1, 0.15) is 11.6 Å². The third-order valence-electron chi connectivity index (χ3n) is 3.73. The molecule has 0 bridgehead atoms. The molecular weight excluding hydrogens is 253 g/mol. The van der Waals surface area contributed by atoms with Crippen molar-refractivity contribution in [3.8, 4) is 5.75 Å². The number of fused-ring (bicyclic) bond motifs is 1. The van der Waals surface area contributed by atoms with Crippen molar-refractivity contribution in [1.29, 1.82) is 0 Å². The summed E-state index contributed by atoms with van der Waals surface area (Å²) in [6.07, 6.45) is 2.82. The number of hydrogen-bond acceptors (Lipinski definition) is 2. The van der Waals surface area contributed by atoms with E-state index in [-0.39, 0.29) is 11.9 Å². The van der Waals surface area contributed by atoms with Gasteiger partial charge in [-0.2, -0.15) is 0 Å². The SMILES string of the molecule is NC(Cc1ccc(F)cc1)c1ccc2c(c1)CCCO2. The average Bonchev–Trinajstić information content (AvgIpc) is 2.49. The number of benzene rings is 2.